The van der Waals surface area contributed by atoms with E-state index in [2.05, 4.69) is 25.8 Å². The number of aromatic nitrogens is 6. The molecule has 0 aliphatic heterocycles. The molecule has 0 saturated carbocycles. The third kappa shape index (κ3) is 5.28. The number of benzene rings is 2. The SMILES string of the molecule is Cc1ccc(O)c(C(NCCCn2ccnc2)c2nnnn2Cc2ccc(Cl)cc2)c1. The van der Waals surface area contributed by atoms with Gasteiger partial charge in [0.2, 0.25) is 0 Å². The van der Waals surface area contributed by atoms with Crippen molar-refractivity contribution >= 4 is 11.6 Å². The molecule has 2 aromatic heterocycles. The van der Waals surface area contributed by atoms with Crippen LogP contribution in [0.2, 0.25) is 5.02 Å². The Morgan fingerprint density at radius 2 is 2.00 bits per heavy atom. The summed E-state index contributed by atoms with van der Waals surface area (Å²) in [4.78, 5) is 4.07. The molecule has 0 aliphatic carbocycles. The smallest absolute Gasteiger partial charge is 0.173 e. The van der Waals surface area contributed by atoms with Crippen molar-refractivity contribution in [2.24, 2.45) is 0 Å². The number of nitrogens with zero attached hydrogens (tertiary/aromatic N) is 6. The van der Waals surface area contributed by atoms with Gasteiger partial charge in [-0.25, -0.2) is 9.67 Å². The maximum atomic E-state index is 10.6. The number of rotatable bonds is 9. The Hall–Kier alpha value is -3.23. The van der Waals surface area contributed by atoms with Gasteiger partial charge in [-0.3, -0.25) is 0 Å². The number of hydrogen-bond acceptors (Lipinski definition) is 6. The molecular formula is C22H24ClN7O. The molecule has 1 atom stereocenters. The minimum Gasteiger partial charge on any atom is -0.508 e. The van der Waals surface area contributed by atoms with Crippen LogP contribution < -0.4 is 5.32 Å². The summed E-state index contributed by atoms with van der Waals surface area (Å²) in [5.74, 6) is 0.845. The van der Waals surface area contributed by atoms with Crippen molar-refractivity contribution in [2.45, 2.75) is 32.5 Å². The van der Waals surface area contributed by atoms with E-state index in [1.807, 2.05) is 54.1 Å². The number of hydrogen-bond donors (Lipinski definition) is 2. The van der Waals surface area contributed by atoms with Gasteiger partial charge in [0, 0.05) is 29.5 Å². The molecule has 1 unspecified atom stereocenters. The lowest BCUT2D eigenvalue weighted by Crippen LogP contribution is -2.28. The Kier molecular flexibility index (Phi) is 6.59. The van der Waals surface area contributed by atoms with E-state index in [4.69, 9.17) is 11.6 Å². The van der Waals surface area contributed by atoms with Crippen LogP contribution in [0.1, 0.15) is 35.0 Å². The number of nitrogens with one attached hydrogen (secondary N) is 1. The highest BCUT2D eigenvalue weighted by atomic mass is 35.5. The topological polar surface area (TPSA) is 93.7 Å². The first-order valence-electron chi connectivity index (χ1n) is 10.1. The monoisotopic (exact) mass is 437 g/mol. The predicted octanol–water partition coefficient (Wildman–Crippen LogP) is 3.35. The highest BCUT2D eigenvalue weighted by molar-refractivity contribution is 6.30. The Bertz CT molecular complexity index is 1110. The first-order valence-corrected chi connectivity index (χ1v) is 10.5. The van der Waals surface area contributed by atoms with Gasteiger partial charge in [0.15, 0.2) is 5.82 Å². The average molecular weight is 438 g/mol. The van der Waals surface area contributed by atoms with Crippen molar-refractivity contribution < 1.29 is 5.11 Å². The summed E-state index contributed by atoms with van der Waals surface area (Å²) in [6.07, 6.45) is 6.40. The van der Waals surface area contributed by atoms with Gasteiger partial charge in [0.25, 0.3) is 0 Å². The molecule has 0 fully saturated rings. The van der Waals surface area contributed by atoms with E-state index in [1.54, 1.807) is 23.3 Å². The van der Waals surface area contributed by atoms with Gasteiger partial charge < -0.3 is 15.0 Å². The van der Waals surface area contributed by atoms with Crippen LogP contribution in [-0.4, -0.2) is 41.4 Å². The Morgan fingerprint density at radius 1 is 1.16 bits per heavy atom. The largest absolute Gasteiger partial charge is 0.508 e. The average Bonchev–Trinajstić information content (AvgIpc) is 3.44. The molecule has 8 nitrogen and oxygen atoms in total. The second kappa shape index (κ2) is 9.72. The van der Waals surface area contributed by atoms with Crippen molar-refractivity contribution in [3.63, 3.8) is 0 Å². The summed E-state index contributed by atoms with van der Waals surface area (Å²) in [5, 5.41) is 27.2. The zero-order chi connectivity index (χ0) is 21.6. The maximum absolute atomic E-state index is 10.6. The summed E-state index contributed by atoms with van der Waals surface area (Å²) in [5.41, 5.74) is 2.83. The molecule has 0 amide bonds. The number of phenols is 1. The van der Waals surface area contributed by atoms with E-state index in [9.17, 15) is 5.11 Å². The first-order chi connectivity index (χ1) is 15.1. The summed E-state index contributed by atoms with van der Waals surface area (Å²) < 4.78 is 3.78. The Balaban J connectivity index is 1.57. The normalized spacial score (nSPS) is 12.2. The van der Waals surface area contributed by atoms with E-state index < -0.39 is 0 Å². The standard InChI is InChI=1S/C22H24ClN7O/c1-16-3-8-20(31)19(13-16)21(25-9-2-11-29-12-10-24-15-29)22-26-27-28-30(22)14-17-4-6-18(23)7-5-17/h3-8,10,12-13,15,21,25,31H,2,9,11,14H2,1H3. The quantitative estimate of drug-likeness (QED) is 0.390. The number of imidazole rings is 1. The number of halogens is 1. The predicted molar refractivity (Wildman–Crippen MR) is 118 cm³/mol. The second-order valence-electron chi connectivity index (χ2n) is 7.42. The van der Waals surface area contributed by atoms with Crippen LogP contribution in [0.3, 0.4) is 0 Å². The molecule has 4 aromatic rings. The van der Waals surface area contributed by atoms with Crippen LogP contribution >= 0.6 is 11.6 Å². The van der Waals surface area contributed by atoms with Crippen molar-refractivity contribution in [1.29, 1.82) is 0 Å². The number of tetrazole rings is 1. The van der Waals surface area contributed by atoms with Crippen LogP contribution in [0.15, 0.2) is 61.2 Å². The van der Waals surface area contributed by atoms with Crippen molar-refractivity contribution in [2.75, 3.05) is 6.54 Å². The van der Waals surface area contributed by atoms with E-state index in [0.717, 1.165) is 29.7 Å². The molecule has 160 valence electrons. The summed E-state index contributed by atoms with van der Waals surface area (Å²) >= 11 is 6.00. The van der Waals surface area contributed by atoms with Gasteiger partial charge in [-0.2, -0.15) is 0 Å². The third-order valence-electron chi connectivity index (χ3n) is 5.06. The lowest BCUT2D eigenvalue weighted by Gasteiger charge is -2.20. The van der Waals surface area contributed by atoms with Crippen LogP contribution in [0.5, 0.6) is 5.75 Å². The molecule has 2 N–H and O–H groups in total. The van der Waals surface area contributed by atoms with Gasteiger partial charge >= 0.3 is 0 Å². The number of aromatic hydroxyl groups is 1. The molecule has 0 aliphatic rings. The summed E-state index contributed by atoms with van der Waals surface area (Å²) in [6, 6.07) is 12.8. The third-order valence-corrected chi connectivity index (χ3v) is 5.31. The number of aryl methyl sites for hydroxylation is 2. The molecule has 0 bridgehead atoms. The molecule has 0 radical (unpaired) electrons. The molecule has 31 heavy (non-hydrogen) atoms. The molecule has 4 rings (SSSR count). The molecular weight excluding hydrogens is 414 g/mol. The van der Waals surface area contributed by atoms with Crippen LogP contribution in [0.25, 0.3) is 0 Å². The van der Waals surface area contributed by atoms with E-state index in [-0.39, 0.29) is 11.8 Å². The first kappa shape index (κ1) is 21.0. The maximum Gasteiger partial charge on any atom is 0.173 e. The van der Waals surface area contributed by atoms with Gasteiger partial charge in [-0.05, 0) is 54.1 Å². The van der Waals surface area contributed by atoms with Crippen molar-refractivity contribution in [3.05, 3.63) is 88.7 Å². The van der Waals surface area contributed by atoms with Gasteiger partial charge in [0.05, 0.1) is 18.9 Å². The van der Waals surface area contributed by atoms with Crippen LogP contribution in [0.4, 0.5) is 0 Å². The lowest BCUT2D eigenvalue weighted by atomic mass is 10.0. The van der Waals surface area contributed by atoms with E-state index >= 15 is 0 Å². The Labute approximate surface area is 185 Å². The molecule has 0 saturated heterocycles. The summed E-state index contributed by atoms with van der Waals surface area (Å²) in [6.45, 7) is 4.05. The molecule has 2 heterocycles. The minimum absolute atomic E-state index is 0.207. The van der Waals surface area contributed by atoms with E-state index in [1.165, 1.54) is 0 Å². The summed E-state index contributed by atoms with van der Waals surface area (Å²) in [7, 11) is 0. The lowest BCUT2D eigenvalue weighted by molar-refractivity contribution is 0.444. The zero-order valence-corrected chi connectivity index (χ0v) is 17.9. The molecule has 0 spiro atoms. The number of phenolic OH excluding ortho intramolecular Hbond substituents is 1. The van der Waals surface area contributed by atoms with Crippen molar-refractivity contribution in [3.8, 4) is 5.75 Å². The molecule has 2 aromatic carbocycles. The fourth-order valence-corrected chi connectivity index (χ4v) is 3.59. The minimum atomic E-state index is -0.356. The van der Waals surface area contributed by atoms with Gasteiger partial charge in [0.1, 0.15) is 5.75 Å². The second-order valence-corrected chi connectivity index (χ2v) is 7.86. The van der Waals surface area contributed by atoms with Gasteiger partial charge in [-0.15, -0.1) is 5.10 Å². The zero-order valence-electron chi connectivity index (χ0n) is 17.2. The van der Waals surface area contributed by atoms with Crippen molar-refractivity contribution in [1.82, 2.24) is 35.1 Å². The van der Waals surface area contributed by atoms with Crippen LogP contribution in [0, 0.1) is 6.92 Å². The highest BCUT2D eigenvalue weighted by Crippen LogP contribution is 2.29. The van der Waals surface area contributed by atoms with Crippen LogP contribution in [-0.2, 0) is 13.1 Å². The van der Waals surface area contributed by atoms with E-state index in [0.29, 0.717) is 23.9 Å². The molecule has 9 heteroatoms. The fraction of sp³-hybridized carbons (Fsp3) is 0.273. The van der Waals surface area contributed by atoms with Gasteiger partial charge in [-0.1, -0.05) is 41.4 Å². The Morgan fingerprint density at radius 3 is 2.77 bits per heavy atom. The highest BCUT2D eigenvalue weighted by Gasteiger charge is 2.24. The fourth-order valence-electron chi connectivity index (χ4n) is 3.47.